The molecule has 0 spiro atoms. The minimum Gasteiger partial charge on any atom is -0.497 e. The zero-order chi connectivity index (χ0) is 23.6. The van der Waals surface area contributed by atoms with E-state index in [-0.39, 0.29) is 18.4 Å². The van der Waals surface area contributed by atoms with E-state index in [1.54, 1.807) is 43.5 Å². The summed E-state index contributed by atoms with van der Waals surface area (Å²) >= 11 is 0. The molecule has 33 heavy (non-hydrogen) atoms. The number of amides is 2. The number of nitrogens with one attached hydrogen (secondary N) is 2. The van der Waals surface area contributed by atoms with Crippen LogP contribution in [0.3, 0.4) is 0 Å². The van der Waals surface area contributed by atoms with E-state index in [1.807, 2.05) is 36.4 Å². The molecule has 2 amide bonds. The molecule has 0 saturated heterocycles. The van der Waals surface area contributed by atoms with Gasteiger partial charge in [-0.2, -0.15) is 0 Å². The van der Waals surface area contributed by atoms with Gasteiger partial charge in [0.05, 0.1) is 7.11 Å². The number of ether oxygens (including phenoxy) is 2. The van der Waals surface area contributed by atoms with Gasteiger partial charge in [-0.1, -0.05) is 36.4 Å². The second-order valence-electron chi connectivity index (χ2n) is 7.06. The van der Waals surface area contributed by atoms with E-state index in [9.17, 15) is 14.4 Å². The number of carbonyl (C=O) groups is 3. The van der Waals surface area contributed by atoms with Gasteiger partial charge in [0, 0.05) is 30.8 Å². The van der Waals surface area contributed by atoms with Gasteiger partial charge in [-0.05, 0) is 53.6 Å². The zero-order valence-electron chi connectivity index (χ0n) is 18.3. The van der Waals surface area contributed by atoms with E-state index in [2.05, 4.69) is 10.6 Å². The van der Waals surface area contributed by atoms with Crippen molar-refractivity contribution in [2.45, 2.75) is 13.5 Å². The molecule has 7 heteroatoms. The number of anilines is 1. The zero-order valence-corrected chi connectivity index (χ0v) is 18.3. The van der Waals surface area contributed by atoms with Crippen molar-refractivity contribution in [2.24, 2.45) is 0 Å². The largest absolute Gasteiger partial charge is 0.497 e. The Morgan fingerprint density at radius 1 is 0.909 bits per heavy atom. The summed E-state index contributed by atoms with van der Waals surface area (Å²) in [6.45, 7) is 1.50. The molecule has 0 aliphatic rings. The summed E-state index contributed by atoms with van der Waals surface area (Å²) in [5.74, 6) is -0.0429. The first-order chi connectivity index (χ1) is 15.9. The van der Waals surface area contributed by atoms with Crippen LogP contribution >= 0.6 is 0 Å². The number of para-hydroxylation sites is 1. The van der Waals surface area contributed by atoms with Crippen molar-refractivity contribution >= 4 is 29.5 Å². The number of methoxy groups -OCH3 is 1. The fraction of sp³-hybridized carbons (Fsp3) is 0.115. The lowest BCUT2D eigenvalue weighted by molar-refractivity contribution is -0.131. The van der Waals surface area contributed by atoms with Crippen molar-refractivity contribution in [3.63, 3.8) is 0 Å². The summed E-state index contributed by atoms with van der Waals surface area (Å²) in [4.78, 5) is 36.0. The first-order valence-corrected chi connectivity index (χ1v) is 10.2. The van der Waals surface area contributed by atoms with Crippen LogP contribution in [0.1, 0.15) is 28.4 Å². The Kier molecular flexibility index (Phi) is 7.96. The Labute approximate surface area is 192 Å². The molecule has 168 valence electrons. The Bertz CT molecular complexity index is 1170. The maximum Gasteiger partial charge on any atom is 0.308 e. The van der Waals surface area contributed by atoms with Crippen LogP contribution in [0.15, 0.2) is 78.9 Å². The van der Waals surface area contributed by atoms with Gasteiger partial charge in [0.2, 0.25) is 5.91 Å². The van der Waals surface area contributed by atoms with Gasteiger partial charge in [-0.15, -0.1) is 0 Å². The first kappa shape index (κ1) is 23.3. The predicted octanol–water partition coefficient (Wildman–Crippen LogP) is 4.20. The molecule has 0 fully saturated rings. The third-order valence-electron chi connectivity index (χ3n) is 4.62. The molecule has 0 radical (unpaired) electrons. The number of hydrogen-bond acceptors (Lipinski definition) is 5. The quantitative estimate of drug-likeness (QED) is 0.309. The molecule has 0 unspecified atom stereocenters. The fourth-order valence-corrected chi connectivity index (χ4v) is 3.00. The lowest BCUT2D eigenvalue weighted by atomic mass is 10.1. The van der Waals surface area contributed by atoms with Crippen LogP contribution in [0, 0.1) is 0 Å². The molecular weight excluding hydrogens is 420 g/mol. The van der Waals surface area contributed by atoms with Crippen LogP contribution in [-0.2, 0) is 16.1 Å². The van der Waals surface area contributed by atoms with E-state index in [0.29, 0.717) is 17.0 Å². The van der Waals surface area contributed by atoms with Gasteiger partial charge in [-0.25, -0.2) is 0 Å². The van der Waals surface area contributed by atoms with E-state index < -0.39 is 5.97 Å². The van der Waals surface area contributed by atoms with Gasteiger partial charge in [0.1, 0.15) is 11.5 Å². The normalized spacial score (nSPS) is 10.5. The third-order valence-corrected chi connectivity index (χ3v) is 4.62. The second kappa shape index (κ2) is 11.3. The molecular formula is C26H24N2O5. The van der Waals surface area contributed by atoms with Gasteiger partial charge >= 0.3 is 5.97 Å². The summed E-state index contributed by atoms with van der Waals surface area (Å²) in [7, 11) is 1.60. The molecule has 3 aromatic rings. The van der Waals surface area contributed by atoms with Crippen molar-refractivity contribution in [1.82, 2.24) is 5.32 Å². The van der Waals surface area contributed by atoms with Crippen LogP contribution in [0.5, 0.6) is 11.5 Å². The lowest BCUT2D eigenvalue weighted by Crippen LogP contribution is -2.23. The summed E-state index contributed by atoms with van der Waals surface area (Å²) in [6, 6.07) is 20.9. The highest BCUT2D eigenvalue weighted by Crippen LogP contribution is 2.17. The topological polar surface area (TPSA) is 93.7 Å². The van der Waals surface area contributed by atoms with Gasteiger partial charge in [0.25, 0.3) is 5.91 Å². The van der Waals surface area contributed by atoms with Crippen molar-refractivity contribution in [2.75, 3.05) is 12.4 Å². The summed E-state index contributed by atoms with van der Waals surface area (Å²) in [5, 5.41) is 5.66. The van der Waals surface area contributed by atoms with Crippen LogP contribution in [0.4, 0.5) is 5.69 Å². The minimum absolute atomic E-state index is 0.204. The lowest BCUT2D eigenvalue weighted by Gasteiger charge is -2.11. The molecule has 0 atom stereocenters. The molecule has 7 nitrogen and oxygen atoms in total. The maximum absolute atomic E-state index is 12.5. The predicted molar refractivity (Wildman–Crippen MR) is 126 cm³/mol. The van der Waals surface area contributed by atoms with Crippen LogP contribution in [-0.4, -0.2) is 24.9 Å². The molecule has 3 aromatic carbocycles. The standard InChI is InChI=1S/C26H24N2O5/c1-18(29)33-23-8-5-7-20(16-23)26(31)27-17-21-6-3-4-9-24(21)28-25(30)15-12-19-10-13-22(32-2)14-11-19/h3-16H,17H2,1-2H3,(H,27,31)(H,28,30)/b15-12+. The highest BCUT2D eigenvalue weighted by Gasteiger charge is 2.10. The monoisotopic (exact) mass is 444 g/mol. The average Bonchev–Trinajstić information content (AvgIpc) is 2.82. The molecule has 0 heterocycles. The number of carbonyl (C=O) groups excluding carboxylic acids is 3. The number of esters is 1. The molecule has 0 aliphatic carbocycles. The van der Waals surface area contributed by atoms with E-state index in [0.717, 1.165) is 16.9 Å². The smallest absolute Gasteiger partial charge is 0.308 e. The van der Waals surface area contributed by atoms with Crippen LogP contribution < -0.4 is 20.1 Å². The highest BCUT2D eigenvalue weighted by molar-refractivity contribution is 6.02. The van der Waals surface area contributed by atoms with E-state index >= 15 is 0 Å². The van der Waals surface area contributed by atoms with Crippen molar-refractivity contribution in [3.05, 3.63) is 95.6 Å². The number of rotatable bonds is 8. The van der Waals surface area contributed by atoms with E-state index in [1.165, 1.54) is 19.1 Å². The summed E-state index contributed by atoms with van der Waals surface area (Å²) in [6.07, 6.45) is 3.15. The Morgan fingerprint density at radius 2 is 1.67 bits per heavy atom. The molecule has 3 rings (SSSR count). The average molecular weight is 444 g/mol. The number of benzene rings is 3. The van der Waals surface area contributed by atoms with E-state index in [4.69, 9.17) is 9.47 Å². The first-order valence-electron chi connectivity index (χ1n) is 10.2. The SMILES string of the molecule is COc1ccc(/C=C/C(=O)Nc2ccccc2CNC(=O)c2cccc(OC(C)=O)c2)cc1. The third kappa shape index (κ3) is 7.07. The van der Waals surface area contributed by atoms with Crippen molar-refractivity contribution < 1.29 is 23.9 Å². The summed E-state index contributed by atoms with van der Waals surface area (Å²) in [5.41, 5.74) is 2.56. The second-order valence-corrected chi connectivity index (χ2v) is 7.06. The van der Waals surface area contributed by atoms with Crippen LogP contribution in [0.25, 0.3) is 6.08 Å². The molecule has 0 saturated carbocycles. The minimum atomic E-state index is -0.460. The highest BCUT2D eigenvalue weighted by atomic mass is 16.5. The Morgan fingerprint density at radius 3 is 2.39 bits per heavy atom. The maximum atomic E-state index is 12.5. The Balaban J connectivity index is 1.61. The number of hydrogen-bond donors (Lipinski definition) is 2. The van der Waals surface area contributed by atoms with Gasteiger partial charge < -0.3 is 20.1 Å². The van der Waals surface area contributed by atoms with Gasteiger partial charge in [0.15, 0.2) is 0 Å². The van der Waals surface area contributed by atoms with Gasteiger partial charge in [-0.3, -0.25) is 14.4 Å². The molecule has 0 bridgehead atoms. The fourth-order valence-electron chi connectivity index (χ4n) is 3.00. The van der Waals surface area contributed by atoms with Crippen molar-refractivity contribution in [3.8, 4) is 11.5 Å². The Hall–Kier alpha value is -4.39. The van der Waals surface area contributed by atoms with Crippen LogP contribution in [0.2, 0.25) is 0 Å². The molecule has 2 N–H and O–H groups in total. The summed E-state index contributed by atoms with van der Waals surface area (Å²) < 4.78 is 10.1. The molecule has 0 aliphatic heterocycles. The van der Waals surface area contributed by atoms with Crippen molar-refractivity contribution in [1.29, 1.82) is 0 Å². The molecule has 0 aromatic heterocycles.